The first-order valence-electron chi connectivity index (χ1n) is 5.12. The maximum Gasteiger partial charge on any atom is 0.332 e. The van der Waals surface area contributed by atoms with Gasteiger partial charge >= 0.3 is 5.69 Å². The number of pyridine rings is 1. The number of fused-ring (bicyclic) bond motifs is 1. The zero-order valence-corrected chi connectivity index (χ0v) is 10.1. The fourth-order valence-electron chi connectivity index (χ4n) is 1.76. The van der Waals surface area contributed by atoms with Gasteiger partial charge in [0.2, 0.25) is 0 Å². The molecule has 0 amide bonds. The van der Waals surface area contributed by atoms with Gasteiger partial charge < -0.3 is 4.57 Å². The van der Waals surface area contributed by atoms with Crippen molar-refractivity contribution in [2.24, 2.45) is 0 Å². The summed E-state index contributed by atoms with van der Waals surface area (Å²) < 4.78 is 14.8. The van der Waals surface area contributed by atoms with E-state index < -0.39 is 21.9 Å². The van der Waals surface area contributed by atoms with Gasteiger partial charge in [-0.15, -0.1) is 0 Å². The Bertz CT molecular complexity index is 711. The summed E-state index contributed by atoms with van der Waals surface area (Å²) in [6.45, 7) is 2.16. The zero-order chi connectivity index (χ0) is 13.4. The van der Waals surface area contributed by atoms with E-state index in [0.717, 1.165) is 12.3 Å². The molecule has 0 radical (unpaired) electrons. The topological polar surface area (TPSA) is 65.1 Å². The van der Waals surface area contributed by atoms with Crippen molar-refractivity contribution >= 4 is 28.2 Å². The number of aryl methyl sites for hydroxylation is 1. The van der Waals surface area contributed by atoms with Gasteiger partial charge in [-0.05, 0) is 19.1 Å². The van der Waals surface area contributed by atoms with Crippen LogP contribution in [-0.2, 0) is 6.54 Å². The Kier molecular flexibility index (Phi) is 3.04. The lowest BCUT2D eigenvalue weighted by atomic mass is 10.2. The van der Waals surface area contributed by atoms with Gasteiger partial charge in [0.25, 0.3) is 5.43 Å². The van der Waals surface area contributed by atoms with Gasteiger partial charge in [0.15, 0.2) is 0 Å². The van der Waals surface area contributed by atoms with E-state index in [1.54, 1.807) is 6.92 Å². The molecule has 0 N–H and O–H groups in total. The van der Waals surface area contributed by atoms with Gasteiger partial charge in [-0.2, -0.15) is 0 Å². The summed E-state index contributed by atoms with van der Waals surface area (Å²) in [4.78, 5) is 21.8. The molecule has 0 aliphatic carbocycles. The summed E-state index contributed by atoms with van der Waals surface area (Å²) in [6, 6.07) is 2.22. The minimum Gasteiger partial charge on any atom is -0.341 e. The molecule has 94 valence electrons. The normalized spacial score (nSPS) is 10.8. The van der Waals surface area contributed by atoms with Crippen LogP contribution in [0.1, 0.15) is 6.92 Å². The van der Waals surface area contributed by atoms with Crippen molar-refractivity contribution < 1.29 is 9.31 Å². The second kappa shape index (κ2) is 4.38. The molecule has 7 heteroatoms. The standard InChI is InChI=1S/C11H8ClFN2O3/c1-2-14-5-10(15(17)18)11(16)6-3-8(13)7(12)4-9(6)14/h3-5H,2H2,1H3. The van der Waals surface area contributed by atoms with Crippen molar-refractivity contribution in [2.45, 2.75) is 13.5 Å². The molecule has 0 saturated heterocycles. The number of nitrogens with zero attached hydrogens (tertiary/aromatic N) is 2. The van der Waals surface area contributed by atoms with Crippen LogP contribution in [0.25, 0.3) is 10.9 Å². The van der Waals surface area contributed by atoms with E-state index in [-0.39, 0.29) is 10.4 Å². The van der Waals surface area contributed by atoms with Crippen LogP contribution in [-0.4, -0.2) is 9.49 Å². The zero-order valence-electron chi connectivity index (χ0n) is 9.31. The number of benzene rings is 1. The lowest BCUT2D eigenvalue weighted by Crippen LogP contribution is -2.13. The second-order valence-electron chi connectivity index (χ2n) is 3.67. The molecule has 0 aliphatic rings. The van der Waals surface area contributed by atoms with Gasteiger partial charge in [0.1, 0.15) is 5.82 Å². The summed E-state index contributed by atoms with van der Waals surface area (Å²) in [5, 5.41) is 10.6. The highest BCUT2D eigenvalue weighted by Crippen LogP contribution is 2.23. The molecule has 18 heavy (non-hydrogen) atoms. The number of hydrogen-bond donors (Lipinski definition) is 0. The highest BCUT2D eigenvalue weighted by molar-refractivity contribution is 6.31. The lowest BCUT2D eigenvalue weighted by molar-refractivity contribution is -0.386. The molecular formula is C11H8ClFN2O3. The van der Waals surface area contributed by atoms with Crippen molar-refractivity contribution in [3.63, 3.8) is 0 Å². The molecule has 0 bridgehead atoms. The predicted octanol–water partition coefficient (Wildman–Crippen LogP) is 2.72. The van der Waals surface area contributed by atoms with Gasteiger partial charge in [-0.3, -0.25) is 14.9 Å². The fraction of sp³-hybridized carbons (Fsp3) is 0.182. The van der Waals surface area contributed by atoms with Crippen molar-refractivity contribution in [1.82, 2.24) is 4.57 Å². The van der Waals surface area contributed by atoms with Crippen LogP contribution in [0.5, 0.6) is 0 Å². The van der Waals surface area contributed by atoms with E-state index in [4.69, 9.17) is 11.6 Å². The minimum absolute atomic E-state index is 0.0482. The van der Waals surface area contributed by atoms with Crippen molar-refractivity contribution in [3.8, 4) is 0 Å². The molecule has 2 aromatic rings. The van der Waals surface area contributed by atoms with Crippen LogP contribution in [0.2, 0.25) is 5.02 Å². The van der Waals surface area contributed by atoms with Crippen LogP contribution < -0.4 is 5.43 Å². The van der Waals surface area contributed by atoms with Crippen LogP contribution in [0.3, 0.4) is 0 Å². The van der Waals surface area contributed by atoms with Gasteiger partial charge in [0.05, 0.1) is 27.0 Å². The average molecular weight is 271 g/mol. The number of halogens is 2. The van der Waals surface area contributed by atoms with Crippen molar-refractivity contribution in [3.05, 3.63) is 49.5 Å². The Morgan fingerprint density at radius 2 is 2.17 bits per heavy atom. The molecule has 0 aliphatic heterocycles. The van der Waals surface area contributed by atoms with E-state index in [2.05, 4.69) is 0 Å². The Labute approximate surface area is 106 Å². The lowest BCUT2D eigenvalue weighted by Gasteiger charge is -2.08. The molecule has 2 rings (SSSR count). The molecular weight excluding hydrogens is 263 g/mol. The third-order valence-electron chi connectivity index (χ3n) is 2.64. The quantitative estimate of drug-likeness (QED) is 0.622. The molecule has 0 unspecified atom stereocenters. The number of hydrogen-bond acceptors (Lipinski definition) is 3. The molecule has 1 aromatic heterocycles. The Morgan fingerprint density at radius 3 is 2.72 bits per heavy atom. The van der Waals surface area contributed by atoms with E-state index in [9.17, 15) is 19.3 Å². The van der Waals surface area contributed by atoms with Gasteiger partial charge in [-0.25, -0.2) is 4.39 Å². The molecule has 1 aromatic carbocycles. The molecule has 5 nitrogen and oxygen atoms in total. The molecule has 0 fully saturated rings. The summed E-state index contributed by atoms with van der Waals surface area (Å²) in [6.07, 6.45) is 1.14. The van der Waals surface area contributed by atoms with Crippen molar-refractivity contribution in [1.29, 1.82) is 0 Å². The monoisotopic (exact) mass is 270 g/mol. The molecule has 1 heterocycles. The first kappa shape index (κ1) is 12.5. The predicted molar refractivity (Wildman–Crippen MR) is 65.5 cm³/mol. The summed E-state index contributed by atoms with van der Waals surface area (Å²) >= 11 is 5.65. The Balaban J connectivity index is 2.99. The van der Waals surface area contributed by atoms with Crippen LogP contribution in [0.15, 0.2) is 23.1 Å². The second-order valence-corrected chi connectivity index (χ2v) is 4.08. The highest BCUT2D eigenvalue weighted by atomic mass is 35.5. The highest BCUT2D eigenvalue weighted by Gasteiger charge is 2.18. The van der Waals surface area contributed by atoms with E-state index >= 15 is 0 Å². The van der Waals surface area contributed by atoms with Gasteiger partial charge in [-0.1, -0.05) is 11.6 Å². The maximum atomic E-state index is 13.3. The first-order chi connectivity index (χ1) is 8.45. The smallest absolute Gasteiger partial charge is 0.332 e. The Morgan fingerprint density at radius 1 is 1.50 bits per heavy atom. The number of aromatic nitrogens is 1. The van der Waals surface area contributed by atoms with Crippen LogP contribution in [0, 0.1) is 15.9 Å². The minimum atomic E-state index is -0.810. The fourth-order valence-corrected chi connectivity index (χ4v) is 1.92. The third-order valence-corrected chi connectivity index (χ3v) is 2.93. The molecule has 0 spiro atoms. The first-order valence-corrected chi connectivity index (χ1v) is 5.50. The molecule has 0 atom stereocenters. The summed E-state index contributed by atoms with van der Waals surface area (Å²) in [7, 11) is 0. The third kappa shape index (κ3) is 1.84. The van der Waals surface area contributed by atoms with E-state index in [1.807, 2.05) is 0 Å². The SMILES string of the molecule is CCn1cc([N+](=O)[O-])c(=O)c2cc(F)c(Cl)cc21. The summed E-state index contributed by atoms with van der Waals surface area (Å²) in [5.41, 5.74) is -1.01. The molecule has 0 saturated carbocycles. The van der Waals surface area contributed by atoms with Crippen LogP contribution in [0.4, 0.5) is 10.1 Å². The van der Waals surface area contributed by atoms with Crippen LogP contribution >= 0.6 is 11.6 Å². The number of nitro groups is 1. The maximum absolute atomic E-state index is 13.3. The van der Waals surface area contributed by atoms with E-state index in [0.29, 0.717) is 12.1 Å². The average Bonchev–Trinajstić information content (AvgIpc) is 2.32. The van der Waals surface area contributed by atoms with Crippen molar-refractivity contribution in [2.75, 3.05) is 0 Å². The number of rotatable bonds is 2. The largest absolute Gasteiger partial charge is 0.341 e. The van der Waals surface area contributed by atoms with E-state index in [1.165, 1.54) is 10.6 Å². The Hall–Kier alpha value is -1.95. The van der Waals surface area contributed by atoms with Gasteiger partial charge in [0, 0.05) is 6.54 Å². The summed E-state index contributed by atoms with van der Waals surface area (Å²) in [5.74, 6) is -0.774.